The van der Waals surface area contributed by atoms with Crippen LogP contribution in [-0.2, 0) is 9.59 Å². The van der Waals surface area contributed by atoms with Gasteiger partial charge in [0.25, 0.3) is 5.91 Å². The Bertz CT molecular complexity index is 660. The highest BCUT2D eigenvalue weighted by molar-refractivity contribution is 6.08. The van der Waals surface area contributed by atoms with E-state index in [4.69, 9.17) is 5.11 Å². The molecule has 1 aromatic rings. The number of quaternary nitrogens is 1. The topological polar surface area (TPSA) is 94.5 Å². The lowest BCUT2D eigenvalue weighted by Gasteiger charge is -2.26. The summed E-state index contributed by atoms with van der Waals surface area (Å²) in [5, 5.41) is 20.7. The van der Waals surface area contributed by atoms with E-state index < -0.39 is 29.3 Å². The quantitative estimate of drug-likeness (QED) is 0.585. The Labute approximate surface area is 139 Å². The van der Waals surface area contributed by atoms with Crippen LogP contribution in [0.5, 0.6) is 0 Å². The molecule has 1 heterocycles. The molecule has 0 saturated heterocycles. The molecule has 7 heteroatoms. The average molecular weight is 337 g/mol. The number of carbonyl (C=O) groups is 2. The highest BCUT2D eigenvalue weighted by Gasteiger charge is 2.42. The summed E-state index contributed by atoms with van der Waals surface area (Å²) in [6.07, 6.45) is 0.621. The van der Waals surface area contributed by atoms with Crippen molar-refractivity contribution < 1.29 is 29.5 Å². The van der Waals surface area contributed by atoms with Gasteiger partial charge in [-0.2, -0.15) is 0 Å². The Kier molecular flexibility index (Phi) is 6.05. The molecule has 1 aromatic carbocycles. The molecule has 1 amide bonds. The molecular weight excluding hydrogens is 315 g/mol. The minimum atomic E-state index is -0.774. The normalized spacial score (nSPS) is 17.7. The third-order valence-corrected chi connectivity index (χ3v) is 3.99. The van der Waals surface area contributed by atoms with E-state index in [9.17, 15) is 19.1 Å². The number of rotatable bonds is 8. The molecule has 0 saturated carbocycles. The van der Waals surface area contributed by atoms with Crippen molar-refractivity contribution in [1.29, 1.82) is 0 Å². The molecule has 0 bridgehead atoms. The first-order chi connectivity index (χ1) is 11.5. The Hall–Kier alpha value is -2.25. The lowest BCUT2D eigenvalue weighted by molar-refractivity contribution is -0.656. The smallest absolute Gasteiger partial charge is 0.290 e. The minimum Gasteiger partial charge on any atom is -0.503 e. The van der Waals surface area contributed by atoms with Crippen LogP contribution in [0.25, 0.3) is 0 Å². The largest absolute Gasteiger partial charge is 0.503 e. The van der Waals surface area contributed by atoms with Crippen LogP contribution in [0, 0.1) is 5.82 Å². The van der Waals surface area contributed by atoms with Gasteiger partial charge in [-0.3, -0.25) is 9.59 Å². The lowest BCUT2D eigenvalue weighted by atomic mass is 9.96. The minimum absolute atomic E-state index is 0.00457. The van der Waals surface area contributed by atoms with E-state index in [0.29, 0.717) is 31.6 Å². The predicted molar refractivity (Wildman–Crippen MR) is 84.6 cm³/mol. The average Bonchev–Trinajstić information content (AvgIpc) is 2.79. The molecule has 1 aliphatic heterocycles. The number of halogens is 1. The maximum atomic E-state index is 13.6. The maximum Gasteiger partial charge on any atom is 0.290 e. The van der Waals surface area contributed by atoms with Crippen molar-refractivity contribution in [3.05, 3.63) is 47.0 Å². The molecule has 0 unspecified atom stereocenters. The Morgan fingerprint density at radius 1 is 1.38 bits per heavy atom. The molecule has 0 fully saturated rings. The number of aliphatic hydroxyl groups is 2. The predicted octanol–water partition coefficient (Wildman–Crippen LogP) is 0.0559. The number of carbonyl (C=O) groups excluding carboxylic acids is 2. The second-order valence-electron chi connectivity index (χ2n) is 5.72. The van der Waals surface area contributed by atoms with Crippen LogP contribution >= 0.6 is 0 Å². The summed E-state index contributed by atoms with van der Waals surface area (Å²) in [5.74, 6) is -2.05. The molecule has 4 N–H and O–H groups in total. The van der Waals surface area contributed by atoms with Crippen molar-refractivity contribution in [2.75, 3.05) is 26.2 Å². The van der Waals surface area contributed by atoms with E-state index in [0.717, 1.165) is 0 Å². The van der Waals surface area contributed by atoms with Crippen LogP contribution in [0.1, 0.15) is 24.9 Å². The van der Waals surface area contributed by atoms with Crippen LogP contribution in [0.15, 0.2) is 35.6 Å². The van der Waals surface area contributed by atoms with Crippen LogP contribution in [-0.4, -0.2) is 53.0 Å². The molecule has 1 atom stereocenters. The third-order valence-electron chi connectivity index (χ3n) is 3.99. The van der Waals surface area contributed by atoms with Gasteiger partial charge in [0.1, 0.15) is 5.82 Å². The van der Waals surface area contributed by atoms with Crippen molar-refractivity contribution in [3.63, 3.8) is 0 Å². The molecule has 24 heavy (non-hydrogen) atoms. The monoisotopic (exact) mass is 337 g/mol. The van der Waals surface area contributed by atoms with Gasteiger partial charge in [-0.05, 0) is 24.6 Å². The van der Waals surface area contributed by atoms with E-state index in [1.54, 1.807) is 6.07 Å². The van der Waals surface area contributed by atoms with Gasteiger partial charge in [0, 0.05) is 13.0 Å². The fraction of sp³-hybridized carbons (Fsp3) is 0.412. The van der Waals surface area contributed by atoms with Gasteiger partial charge in [0.05, 0.1) is 31.3 Å². The molecule has 1 aliphatic rings. The molecule has 0 aliphatic carbocycles. The van der Waals surface area contributed by atoms with E-state index in [2.05, 4.69) is 0 Å². The van der Waals surface area contributed by atoms with E-state index in [-0.39, 0.29) is 12.2 Å². The van der Waals surface area contributed by atoms with Crippen LogP contribution in [0.4, 0.5) is 4.39 Å². The van der Waals surface area contributed by atoms with Gasteiger partial charge in [0.15, 0.2) is 11.5 Å². The van der Waals surface area contributed by atoms with Crippen LogP contribution in [0.3, 0.4) is 0 Å². The molecular formula is C17H22FN2O4+. The molecule has 0 aromatic heterocycles. The fourth-order valence-corrected chi connectivity index (χ4v) is 2.91. The second kappa shape index (κ2) is 8.03. The number of amides is 1. The summed E-state index contributed by atoms with van der Waals surface area (Å²) in [4.78, 5) is 25.6. The van der Waals surface area contributed by atoms with Crippen molar-refractivity contribution in [1.82, 2.24) is 4.90 Å². The first kappa shape index (κ1) is 18.1. The van der Waals surface area contributed by atoms with E-state index >= 15 is 0 Å². The first-order valence-electron chi connectivity index (χ1n) is 7.90. The number of nitrogens with zero attached hydrogens (tertiary/aromatic N) is 1. The van der Waals surface area contributed by atoms with Crippen molar-refractivity contribution in [3.8, 4) is 0 Å². The lowest BCUT2D eigenvalue weighted by Crippen LogP contribution is -2.85. The summed E-state index contributed by atoms with van der Waals surface area (Å²) in [6, 6.07) is 4.92. The number of hydrogen-bond donors (Lipinski definition) is 3. The molecule has 6 nitrogen and oxygen atoms in total. The Morgan fingerprint density at radius 2 is 2.12 bits per heavy atom. The number of aliphatic hydroxyl groups excluding tert-OH is 2. The third kappa shape index (κ3) is 3.80. The summed E-state index contributed by atoms with van der Waals surface area (Å²) in [6.45, 7) is 2.94. The summed E-state index contributed by atoms with van der Waals surface area (Å²) in [7, 11) is 0. The number of nitrogens with two attached hydrogens (primary N) is 1. The van der Waals surface area contributed by atoms with Crippen molar-refractivity contribution in [2.45, 2.75) is 19.4 Å². The second-order valence-corrected chi connectivity index (χ2v) is 5.72. The maximum absolute atomic E-state index is 13.6. The standard InChI is InChI=1S/C17H21FN2O4/c1-11(22)14-15(12-4-2-5-13(18)10-12)20(17(24)16(14)23)8-3-6-19-7-9-21/h2,4-5,10,15,19,21,23H,3,6-9H2,1H3/p+1/t15-/m0/s1. The number of hydrogen-bond acceptors (Lipinski definition) is 4. The fourth-order valence-electron chi connectivity index (χ4n) is 2.91. The van der Waals surface area contributed by atoms with Gasteiger partial charge >= 0.3 is 0 Å². The molecule has 0 spiro atoms. The SMILES string of the molecule is CC(=O)C1=C(O)C(=O)N(CCC[NH2+]CCO)[C@H]1c1cccc(F)c1. The Balaban J connectivity index is 2.25. The molecule has 130 valence electrons. The Morgan fingerprint density at radius 3 is 2.75 bits per heavy atom. The number of benzene rings is 1. The summed E-state index contributed by atoms with van der Waals surface area (Å²) < 4.78 is 13.6. The van der Waals surface area contributed by atoms with Crippen LogP contribution < -0.4 is 5.32 Å². The zero-order valence-corrected chi connectivity index (χ0v) is 13.5. The van der Waals surface area contributed by atoms with Gasteiger partial charge in [0.2, 0.25) is 0 Å². The number of ketones is 1. The molecule has 2 rings (SSSR count). The van der Waals surface area contributed by atoms with Gasteiger partial charge in [-0.1, -0.05) is 12.1 Å². The summed E-state index contributed by atoms with van der Waals surface area (Å²) >= 11 is 0. The van der Waals surface area contributed by atoms with Gasteiger partial charge < -0.3 is 20.4 Å². The first-order valence-corrected chi connectivity index (χ1v) is 7.90. The van der Waals surface area contributed by atoms with E-state index in [1.807, 2.05) is 5.32 Å². The van der Waals surface area contributed by atoms with Gasteiger partial charge in [-0.15, -0.1) is 0 Å². The van der Waals surface area contributed by atoms with Crippen molar-refractivity contribution in [2.24, 2.45) is 0 Å². The van der Waals surface area contributed by atoms with E-state index in [1.165, 1.54) is 30.0 Å². The number of Topliss-reactive ketones (excluding diaryl/α,β-unsaturated/α-hetero) is 1. The van der Waals surface area contributed by atoms with Gasteiger partial charge in [-0.25, -0.2) is 4.39 Å². The zero-order valence-electron chi connectivity index (χ0n) is 13.5. The van der Waals surface area contributed by atoms with Crippen LogP contribution in [0.2, 0.25) is 0 Å². The summed E-state index contributed by atoms with van der Waals surface area (Å²) in [5.41, 5.74) is 0.460. The highest BCUT2D eigenvalue weighted by atomic mass is 19.1. The molecule has 0 radical (unpaired) electrons. The van der Waals surface area contributed by atoms with Crippen molar-refractivity contribution >= 4 is 11.7 Å². The zero-order chi connectivity index (χ0) is 17.7. The highest BCUT2D eigenvalue weighted by Crippen LogP contribution is 2.37.